The summed E-state index contributed by atoms with van der Waals surface area (Å²) in [6.45, 7) is 0.205. The number of aromatic nitrogens is 3. The van der Waals surface area contributed by atoms with Gasteiger partial charge in [-0.1, -0.05) is 47.1 Å². The highest BCUT2D eigenvalue weighted by molar-refractivity contribution is 7.98. The predicted octanol–water partition coefficient (Wildman–Crippen LogP) is 6.30. The fraction of sp³-hybridized carbons (Fsp3) is 0.150. The zero-order valence-electron chi connectivity index (χ0n) is 15.0. The van der Waals surface area contributed by atoms with Crippen LogP contribution in [0.25, 0.3) is 0 Å². The van der Waals surface area contributed by atoms with E-state index < -0.39 is 0 Å². The maximum absolute atomic E-state index is 5.93. The van der Waals surface area contributed by atoms with Gasteiger partial charge in [-0.2, -0.15) is 0 Å². The second-order valence-electron chi connectivity index (χ2n) is 6.03. The first kappa shape index (κ1) is 20.2. The van der Waals surface area contributed by atoms with Gasteiger partial charge in [-0.05, 0) is 42.0 Å². The number of ether oxygens (including phenoxy) is 1. The molecule has 0 amide bonds. The SMILES string of the molecule is Clc1ccc(Cc2nc(CSc3nnc(COc4ccc(Cl)cc4)o3)cs2)cc1. The summed E-state index contributed by atoms with van der Waals surface area (Å²) < 4.78 is 11.2. The molecule has 0 aliphatic rings. The summed E-state index contributed by atoms with van der Waals surface area (Å²) in [5.41, 5.74) is 2.17. The summed E-state index contributed by atoms with van der Waals surface area (Å²) in [5, 5.41) is 13.1. The molecular weight excluding hydrogens is 449 g/mol. The van der Waals surface area contributed by atoms with Crippen molar-refractivity contribution in [3.8, 4) is 5.75 Å². The summed E-state index contributed by atoms with van der Waals surface area (Å²) in [7, 11) is 0. The number of hydrogen-bond acceptors (Lipinski definition) is 7. The number of benzene rings is 2. The van der Waals surface area contributed by atoms with Gasteiger partial charge in [0.2, 0.25) is 0 Å². The summed E-state index contributed by atoms with van der Waals surface area (Å²) in [6, 6.07) is 14.9. The molecule has 0 saturated heterocycles. The Bertz CT molecular complexity index is 1070. The molecule has 0 atom stereocenters. The Morgan fingerprint density at radius 3 is 2.45 bits per heavy atom. The van der Waals surface area contributed by atoms with Crippen LogP contribution < -0.4 is 4.74 Å². The molecule has 148 valence electrons. The van der Waals surface area contributed by atoms with Gasteiger partial charge >= 0.3 is 0 Å². The number of rotatable bonds is 8. The molecule has 2 aromatic heterocycles. The van der Waals surface area contributed by atoms with Gasteiger partial charge in [0, 0.05) is 27.6 Å². The molecule has 0 aliphatic carbocycles. The molecule has 4 rings (SSSR count). The molecular formula is C20H15Cl2N3O2S2. The smallest absolute Gasteiger partial charge is 0.277 e. The first-order chi connectivity index (χ1) is 14.1. The summed E-state index contributed by atoms with van der Waals surface area (Å²) in [4.78, 5) is 4.67. The summed E-state index contributed by atoms with van der Waals surface area (Å²) in [5.74, 6) is 1.78. The average molecular weight is 464 g/mol. The number of thiazole rings is 1. The van der Waals surface area contributed by atoms with E-state index in [1.54, 1.807) is 35.6 Å². The largest absolute Gasteiger partial charge is 0.484 e. The third-order valence-electron chi connectivity index (χ3n) is 3.84. The second-order valence-corrected chi connectivity index (χ2v) is 8.77. The molecule has 9 heteroatoms. The molecule has 0 radical (unpaired) electrons. The number of hydrogen-bond donors (Lipinski definition) is 0. The van der Waals surface area contributed by atoms with Gasteiger partial charge in [-0.3, -0.25) is 0 Å². The quantitative estimate of drug-likeness (QED) is 0.286. The van der Waals surface area contributed by atoms with Crippen LogP contribution in [0.15, 0.2) is 63.6 Å². The third-order valence-corrected chi connectivity index (χ3v) is 6.09. The van der Waals surface area contributed by atoms with E-state index >= 15 is 0 Å². The number of nitrogens with zero attached hydrogens (tertiary/aromatic N) is 3. The zero-order valence-corrected chi connectivity index (χ0v) is 18.2. The maximum atomic E-state index is 5.93. The molecule has 2 heterocycles. The highest BCUT2D eigenvalue weighted by Crippen LogP contribution is 2.24. The van der Waals surface area contributed by atoms with Crippen LogP contribution in [0.2, 0.25) is 10.0 Å². The van der Waals surface area contributed by atoms with Crippen LogP contribution in [0.5, 0.6) is 5.75 Å². The summed E-state index contributed by atoms with van der Waals surface area (Å²) >= 11 is 14.9. The lowest BCUT2D eigenvalue weighted by atomic mass is 10.2. The van der Waals surface area contributed by atoms with Crippen molar-refractivity contribution >= 4 is 46.3 Å². The maximum Gasteiger partial charge on any atom is 0.277 e. The first-order valence-corrected chi connectivity index (χ1v) is 11.3. The normalized spacial score (nSPS) is 11.0. The minimum Gasteiger partial charge on any atom is -0.484 e. The van der Waals surface area contributed by atoms with E-state index in [0.29, 0.717) is 27.6 Å². The lowest BCUT2D eigenvalue weighted by molar-refractivity contribution is 0.252. The first-order valence-electron chi connectivity index (χ1n) is 8.65. The van der Waals surface area contributed by atoms with Gasteiger partial charge in [-0.25, -0.2) is 4.98 Å². The molecule has 0 unspecified atom stereocenters. The van der Waals surface area contributed by atoms with Crippen molar-refractivity contribution in [3.05, 3.63) is 86.1 Å². The van der Waals surface area contributed by atoms with Crippen molar-refractivity contribution < 1.29 is 9.15 Å². The van der Waals surface area contributed by atoms with Crippen molar-refractivity contribution in [2.24, 2.45) is 0 Å². The highest BCUT2D eigenvalue weighted by atomic mass is 35.5. The van der Waals surface area contributed by atoms with Crippen LogP contribution in [0.1, 0.15) is 22.2 Å². The van der Waals surface area contributed by atoms with Crippen molar-refractivity contribution in [1.29, 1.82) is 0 Å². The van der Waals surface area contributed by atoms with Crippen molar-refractivity contribution in [1.82, 2.24) is 15.2 Å². The molecule has 2 aromatic carbocycles. The fourth-order valence-electron chi connectivity index (χ4n) is 2.44. The van der Waals surface area contributed by atoms with Gasteiger partial charge in [0.1, 0.15) is 5.75 Å². The molecule has 0 spiro atoms. The van der Waals surface area contributed by atoms with Gasteiger partial charge in [0.05, 0.1) is 10.7 Å². The van der Waals surface area contributed by atoms with E-state index in [0.717, 1.165) is 22.1 Å². The second kappa shape index (κ2) is 9.63. The minimum atomic E-state index is 0.205. The molecule has 0 fully saturated rings. The average Bonchev–Trinajstić information content (AvgIpc) is 3.37. The van der Waals surface area contributed by atoms with Gasteiger partial charge in [-0.15, -0.1) is 21.5 Å². The van der Waals surface area contributed by atoms with E-state index in [4.69, 9.17) is 32.4 Å². The van der Waals surface area contributed by atoms with Crippen molar-refractivity contribution in [3.63, 3.8) is 0 Å². The van der Waals surface area contributed by atoms with E-state index in [9.17, 15) is 0 Å². The standard InChI is InChI=1S/C20H15Cl2N3O2S2/c21-14-3-1-13(2-4-14)9-19-23-16(11-28-19)12-29-20-25-24-18(27-20)10-26-17-7-5-15(22)6-8-17/h1-8,11H,9-10,12H2. The van der Waals surface area contributed by atoms with Gasteiger partial charge < -0.3 is 9.15 Å². The Morgan fingerprint density at radius 1 is 0.966 bits per heavy atom. The van der Waals surface area contributed by atoms with Crippen molar-refractivity contribution in [2.75, 3.05) is 0 Å². The van der Waals surface area contributed by atoms with E-state index in [2.05, 4.69) is 20.6 Å². The van der Waals surface area contributed by atoms with E-state index in [-0.39, 0.29) is 6.61 Å². The monoisotopic (exact) mass is 463 g/mol. The Balaban J connectivity index is 1.27. The Hall–Kier alpha value is -2.06. The van der Waals surface area contributed by atoms with Crippen LogP contribution in [-0.2, 0) is 18.8 Å². The third kappa shape index (κ3) is 5.96. The van der Waals surface area contributed by atoms with Gasteiger partial charge in [0.25, 0.3) is 11.1 Å². The molecule has 5 nitrogen and oxygen atoms in total. The molecule has 0 saturated carbocycles. The number of halogens is 2. The number of thioether (sulfide) groups is 1. The molecule has 4 aromatic rings. The predicted molar refractivity (Wildman–Crippen MR) is 116 cm³/mol. The van der Waals surface area contributed by atoms with Crippen molar-refractivity contribution in [2.45, 2.75) is 24.0 Å². The molecule has 0 bridgehead atoms. The van der Waals surface area contributed by atoms with Crippen LogP contribution >= 0.6 is 46.3 Å². The Labute approximate surface area is 186 Å². The molecule has 0 aliphatic heterocycles. The van der Waals surface area contributed by atoms with Crippen LogP contribution in [0.4, 0.5) is 0 Å². The molecule has 29 heavy (non-hydrogen) atoms. The fourth-order valence-corrected chi connectivity index (χ4v) is 4.30. The highest BCUT2D eigenvalue weighted by Gasteiger charge is 2.10. The van der Waals surface area contributed by atoms with E-state index in [1.165, 1.54) is 17.3 Å². The van der Waals surface area contributed by atoms with Gasteiger partial charge in [0.15, 0.2) is 6.61 Å². The topological polar surface area (TPSA) is 61.0 Å². The Morgan fingerprint density at radius 2 is 1.69 bits per heavy atom. The molecule has 0 N–H and O–H groups in total. The zero-order chi connectivity index (χ0) is 20.1. The van der Waals surface area contributed by atoms with E-state index in [1.807, 2.05) is 24.3 Å². The minimum absolute atomic E-state index is 0.205. The van der Waals surface area contributed by atoms with Crippen LogP contribution in [0, 0.1) is 0 Å². The van der Waals surface area contributed by atoms with Crippen LogP contribution in [0.3, 0.4) is 0 Å². The Kier molecular flexibility index (Phi) is 6.71. The lowest BCUT2D eigenvalue weighted by Crippen LogP contribution is -1.95. The van der Waals surface area contributed by atoms with Crippen LogP contribution in [-0.4, -0.2) is 15.2 Å². The lowest BCUT2D eigenvalue weighted by Gasteiger charge is -2.02. The summed E-state index contributed by atoms with van der Waals surface area (Å²) in [6.07, 6.45) is 0.791.